The van der Waals surface area contributed by atoms with Gasteiger partial charge in [-0.2, -0.15) is 0 Å². The predicted molar refractivity (Wildman–Crippen MR) is 135 cm³/mol. The van der Waals surface area contributed by atoms with Gasteiger partial charge in [0.15, 0.2) is 0 Å². The number of hydrogen-bond acceptors (Lipinski definition) is 5. The summed E-state index contributed by atoms with van der Waals surface area (Å²) in [4.78, 5) is 17.4. The first-order valence-corrected chi connectivity index (χ1v) is 13.8. The van der Waals surface area contributed by atoms with Crippen molar-refractivity contribution in [2.75, 3.05) is 57.0 Å². The molecule has 2 heterocycles. The van der Waals surface area contributed by atoms with Crippen molar-refractivity contribution in [3.63, 3.8) is 0 Å². The van der Waals surface area contributed by atoms with Crippen LogP contribution in [0.4, 0.5) is 5.69 Å². The lowest BCUT2D eigenvalue weighted by atomic mass is 9.97. The van der Waals surface area contributed by atoms with Gasteiger partial charge in [0, 0.05) is 39.3 Å². The van der Waals surface area contributed by atoms with Gasteiger partial charge in [-0.1, -0.05) is 42.5 Å². The van der Waals surface area contributed by atoms with Crippen molar-refractivity contribution in [2.24, 2.45) is 5.92 Å². The van der Waals surface area contributed by atoms with Gasteiger partial charge in [0.1, 0.15) is 5.75 Å². The lowest BCUT2D eigenvalue weighted by Crippen LogP contribution is -2.53. The van der Waals surface area contributed by atoms with Crippen molar-refractivity contribution < 1.29 is 17.9 Å². The largest absolute Gasteiger partial charge is 0.495 e. The molecule has 0 radical (unpaired) electrons. The van der Waals surface area contributed by atoms with Gasteiger partial charge >= 0.3 is 0 Å². The van der Waals surface area contributed by atoms with Crippen LogP contribution >= 0.6 is 0 Å². The molecule has 2 aromatic rings. The second-order valence-corrected chi connectivity index (χ2v) is 11.2. The molecule has 2 saturated heterocycles. The maximum Gasteiger partial charge on any atom is 0.227 e. The number of nitrogens with zero attached hydrogens (tertiary/aromatic N) is 3. The molecule has 0 unspecified atom stereocenters. The lowest BCUT2D eigenvalue weighted by molar-refractivity contribution is -0.137. The minimum absolute atomic E-state index is 0.0869. The molecule has 0 N–H and O–H groups in total. The fourth-order valence-corrected chi connectivity index (χ4v) is 6.53. The van der Waals surface area contributed by atoms with Gasteiger partial charge in [-0.25, -0.2) is 12.7 Å². The third-order valence-corrected chi connectivity index (χ3v) is 8.78. The molecule has 2 aromatic carbocycles. The van der Waals surface area contributed by atoms with E-state index in [0.717, 1.165) is 49.4 Å². The van der Waals surface area contributed by atoms with E-state index in [2.05, 4.69) is 4.90 Å². The van der Waals surface area contributed by atoms with E-state index in [1.807, 2.05) is 59.5 Å². The number of piperazine rings is 1. The normalized spacial score (nSPS) is 19.7. The van der Waals surface area contributed by atoms with Gasteiger partial charge in [-0.3, -0.25) is 4.79 Å². The highest BCUT2D eigenvalue weighted by atomic mass is 32.2. The summed E-state index contributed by atoms with van der Waals surface area (Å²) in [5.74, 6) is 0.794. The molecule has 0 bridgehead atoms. The fourth-order valence-electron chi connectivity index (χ4n) is 4.95. The molecule has 0 saturated carbocycles. The molecular weight excluding hydrogens is 450 g/mol. The zero-order valence-electron chi connectivity index (χ0n) is 19.9. The highest BCUT2D eigenvalue weighted by Gasteiger charge is 2.35. The Balaban J connectivity index is 1.29. The number of benzene rings is 2. The summed E-state index contributed by atoms with van der Waals surface area (Å²) >= 11 is 0. The average Bonchev–Trinajstić information content (AvgIpc) is 2.89. The highest BCUT2D eigenvalue weighted by molar-refractivity contribution is 7.89. The molecule has 1 atom stereocenters. The summed E-state index contributed by atoms with van der Waals surface area (Å²) in [6.45, 7) is 3.56. The number of carbonyl (C=O) groups is 1. The summed E-state index contributed by atoms with van der Waals surface area (Å²) in [7, 11) is -1.69. The first-order valence-electron chi connectivity index (χ1n) is 12.2. The van der Waals surface area contributed by atoms with Crippen LogP contribution in [-0.4, -0.2) is 75.7 Å². The molecule has 7 nitrogen and oxygen atoms in total. The van der Waals surface area contributed by atoms with E-state index in [1.54, 1.807) is 11.4 Å². The summed E-state index contributed by atoms with van der Waals surface area (Å²) in [6.07, 6.45) is 2.82. The molecule has 0 spiro atoms. The van der Waals surface area contributed by atoms with Crippen LogP contribution in [-0.2, 0) is 21.2 Å². The van der Waals surface area contributed by atoms with Gasteiger partial charge in [0.2, 0.25) is 15.9 Å². The van der Waals surface area contributed by atoms with E-state index in [9.17, 15) is 13.2 Å². The van der Waals surface area contributed by atoms with Crippen LogP contribution in [0.2, 0.25) is 0 Å². The number of sulfonamides is 1. The molecule has 2 fully saturated rings. The topological polar surface area (TPSA) is 70.2 Å². The SMILES string of the molecule is COc1ccccc1N1CCN(C(=O)[C@H]2CCCN(S(=O)(=O)CCCc3ccccc3)C2)CC1. The van der Waals surface area contributed by atoms with Gasteiger partial charge in [-0.05, 0) is 43.4 Å². The van der Waals surface area contributed by atoms with E-state index < -0.39 is 10.0 Å². The number of aryl methyl sites for hydroxylation is 1. The number of para-hydroxylation sites is 2. The third-order valence-electron chi connectivity index (χ3n) is 6.85. The quantitative estimate of drug-likeness (QED) is 0.575. The number of carbonyl (C=O) groups excluding carboxylic acids is 1. The molecule has 0 aromatic heterocycles. The predicted octanol–water partition coefficient (Wildman–Crippen LogP) is 3.02. The first kappa shape index (κ1) is 24.5. The molecule has 0 aliphatic carbocycles. The van der Waals surface area contributed by atoms with Gasteiger partial charge in [-0.15, -0.1) is 0 Å². The number of ether oxygens (including phenoxy) is 1. The zero-order valence-corrected chi connectivity index (χ0v) is 20.8. The van der Waals surface area contributed by atoms with Crippen molar-refractivity contribution in [2.45, 2.75) is 25.7 Å². The van der Waals surface area contributed by atoms with Crippen LogP contribution < -0.4 is 9.64 Å². The van der Waals surface area contributed by atoms with Crippen LogP contribution in [0.15, 0.2) is 54.6 Å². The van der Waals surface area contributed by atoms with E-state index in [0.29, 0.717) is 32.6 Å². The Morgan fingerprint density at radius 3 is 2.41 bits per heavy atom. The van der Waals surface area contributed by atoms with Crippen molar-refractivity contribution in [3.8, 4) is 5.75 Å². The Bertz CT molecular complexity index is 1050. The Hall–Kier alpha value is -2.58. The summed E-state index contributed by atoms with van der Waals surface area (Å²) < 4.78 is 33.0. The number of rotatable bonds is 8. The lowest BCUT2D eigenvalue weighted by Gasteiger charge is -2.39. The highest BCUT2D eigenvalue weighted by Crippen LogP contribution is 2.29. The number of piperidine rings is 1. The van der Waals surface area contributed by atoms with Gasteiger partial charge in [0.05, 0.1) is 24.5 Å². The molecule has 8 heteroatoms. The van der Waals surface area contributed by atoms with Gasteiger partial charge in [0.25, 0.3) is 0 Å². The van der Waals surface area contributed by atoms with E-state index in [-0.39, 0.29) is 17.6 Å². The van der Waals surface area contributed by atoms with Crippen LogP contribution in [0.25, 0.3) is 0 Å². The van der Waals surface area contributed by atoms with Crippen molar-refractivity contribution in [1.29, 1.82) is 0 Å². The van der Waals surface area contributed by atoms with Crippen LogP contribution in [0.1, 0.15) is 24.8 Å². The Morgan fingerprint density at radius 1 is 0.971 bits per heavy atom. The molecule has 34 heavy (non-hydrogen) atoms. The summed E-state index contributed by atoms with van der Waals surface area (Å²) in [5.41, 5.74) is 2.19. The van der Waals surface area contributed by atoms with Crippen molar-refractivity contribution in [1.82, 2.24) is 9.21 Å². The molecular formula is C26H35N3O4S. The molecule has 4 rings (SSSR count). The Kier molecular flexibility index (Phi) is 8.11. The smallest absolute Gasteiger partial charge is 0.227 e. The molecule has 1 amide bonds. The van der Waals surface area contributed by atoms with Crippen LogP contribution in [0, 0.1) is 5.92 Å². The Labute approximate surface area is 203 Å². The van der Waals surface area contributed by atoms with Crippen LogP contribution in [0.5, 0.6) is 5.75 Å². The fraction of sp³-hybridized carbons (Fsp3) is 0.500. The maximum atomic E-state index is 13.3. The van der Waals surface area contributed by atoms with Crippen molar-refractivity contribution >= 4 is 21.6 Å². The average molecular weight is 486 g/mol. The van der Waals surface area contributed by atoms with Crippen LogP contribution in [0.3, 0.4) is 0 Å². The standard InChI is InChI=1S/C26H35N3O4S/c1-33-25-14-6-5-13-24(25)27-16-18-28(19-17-27)26(30)23-12-7-15-29(21-23)34(31,32)20-8-11-22-9-3-2-4-10-22/h2-6,9-10,13-14,23H,7-8,11-12,15-21H2,1H3/t23-/m0/s1. The minimum Gasteiger partial charge on any atom is -0.495 e. The summed E-state index contributed by atoms with van der Waals surface area (Å²) in [6, 6.07) is 17.9. The second-order valence-electron chi connectivity index (χ2n) is 9.09. The van der Waals surface area contributed by atoms with E-state index in [4.69, 9.17) is 4.74 Å². The molecule has 2 aliphatic heterocycles. The minimum atomic E-state index is -3.36. The van der Waals surface area contributed by atoms with Gasteiger partial charge < -0.3 is 14.5 Å². The monoisotopic (exact) mass is 485 g/mol. The number of anilines is 1. The maximum absolute atomic E-state index is 13.3. The molecule has 2 aliphatic rings. The van der Waals surface area contributed by atoms with E-state index in [1.165, 1.54) is 0 Å². The number of methoxy groups -OCH3 is 1. The van der Waals surface area contributed by atoms with Crippen molar-refractivity contribution in [3.05, 3.63) is 60.2 Å². The first-order chi connectivity index (χ1) is 16.5. The van der Waals surface area contributed by atoms with E-state index >= 15 is 0 Å². The second kappa shape index (κ2) is 11.2. The molecule has 184 valence electrons. The number of amides is 1. The number of hydrogen-bond donors (Lipinski definition) is 0. The Morgan fingerprint density at radius 2 is 1.68 bits per heavy atom. The third kappa shape index (κ3) is 5.91. The zero-order chi connectivity index (χ0) is 24.0. The summed E-state index contributed by atoms with van der Waals surface area (Å²) in [5, 5.41) is 0.